The van der Waals surface area contributed by atoms with Gasteiger partial charge >= 0.3 is 0 Å². The molecule has 1 heterocycles. The van der Waals surface area contributed by atoms with Gasteiger partial charge in [0.1, 0.15) is 5.01 Å². The second-order valence-electron chi connectivity index (χ2n) is 4.14. The van der Waals surface area contributed by atoms with Crippen molar-refractivity contribution in [1.29, 1.82) is 0 Å². The standard InChI is InChI=1S/C11H20N2OS/c1-5-13(6-2)8-10-12-7-9(15-10)11(3,4)14/h7,14H,5-6,8H2,1-4H3. The third kappa shape index (κ3) is 3.55. The maximum atomic E-state index is 9.81. The summed E-state index contributed by atoms with van der Waals surface area (Å²) >= 11 is 1.60. The van der Waals surface area contributed by atoms with Gasteiger partial charge in [0.15, 0.2) is 0 Å². The van der Waals surface area contributed by atoms with Gasteiger partial charge in [-0.15, -0.1) is 11.3 Å². The van der Waals surface area contributed by atoms with Crippen LogP contribution in [0.15, 0.2) is 6.20 Å². The molecule has 0 saturated carbocycles. The van der Waals surface area contributed by atoms with Crippen molar-refractivity contribution < 1.29 is 5.11 Å². The predicted molar refractivity (Wildman–Crippen MR) is 64.0 cm³/mol. The third-order valence-corrected chi connectivity index (χ3v) is 3.70. The van der Waals surface area contributed by atoms with Crippen molar-refractivity contribution >= 4 is 11.3 Å². The number of rotatable bonds is 5. The van der Waals surface area contributed by atoms with Crippen LogP contribution in [0.4, 0.5) is 0 Å². The highest BCUT2D eigenvalue weighted by atomic mass is 32.1. The van der Waals surface area contributed by atoms with E-state index in [0.717, 1.165) is 29.5 Å². The summed E-state index contributed by atoms with van der Waals surface area (Å²) in [7, 11) is 0. The first kappa shape index (κ1) is 12.6. The highest BCUT2D eigenvalue weighted by Crippen LogP contribution is 2.26. The lowest BCUT2D eigenvalue weighted by Gasteiger charge is -2.16. The van der Waals surface area contributed by atoms with E-state index < -0.39 is 5.60 Å². The third-order valence-electron chi connectivity index (χ3n) is 2.41. The molecule has 0 saturated heterocycles. The van der Waals surface area contributed by atoms with E-state index in [0.29, 0.717) is 0 Å². The van der Waals surface area contributed by atoms with Crippen LogP contribution in [-0.2, 0) is 12.1 Å². The predicted octanol–water partition coefficient (Wildman–Crippen LogP) is 2.21. The van der Waals surface area contributed by atoms with Gasteiger partial charge in [-0.05, 0) is 26.9 Å². The van der Waals surface area contributed by atoms with Crippen molar-refractivity contribution in [3.63, 3.8) is 0 Å². The number of hydrogen-bond acceptors (Lipinski definition) is 4. The van der Waals surface area contributed by atoms with Crippen LogP contribution in [0.1, 0.15) is 37.6 Å². The molecule has 0 unspecified atom stereocenters. The Morgan fingerprint density at radius 1 is 1.40 bits per heavy atom. The minimum atomic E-state index is -0.765. The fourth-order valence-corrected chi connectivity index (χ4v) is 2.27. The van der Waals surface area contributed by atoms with Gasteiger partial charge in [0, 0.05) is 6.20 Å². The van der Waals surface area contributed by atoms with Crippen LogP contribution in [0.3, 0.4) is 0 Å². The Bertz CT molecular complexity index is 300. The Morgan fingerprint density at radius 2 is 2.00 bits per heavy atom. The second-order valence-corrected chi connectivity index (χ2v) is 5.25. The molecule has 4 heteroatoms. The summed E-state index contributed by atoms with van der Waals surface area (Å²) in [4.78, 5) is 7.58. The first-order valence-electron chi connectivity index (χ1n) is 5.37. The van der Waals surface area contributed by atoms with Gasteiger partial charge < -0.3 is 5.11 Å². The normalized spacial score (nSPS) is 12.4. The van der Waals surface area contributed by atoms with Gasteiger partial charge in [-0.25, -0.2) is 4.98 Å². The molecule has 0 fully saturated rings. The molecule has 0 amide bonds. The molecule has 1 aromatic rings. The van der Waals surface area contributed by atoms with Gasteiger partial charge in [-0.1, -0.05) is 13.8 Å². The van der Waals surface area contributed by atoms with Gasteiger partial charge in [-0.3, -0.25) is 4.90 Å². The first-order valence-corrected chi connectivity index (χ1v) is 6.19. The molecule has 86 valence electrons. The topological polar surface area (TPSA) is 36.4 Å². The van der Waals surface area contributed by atoms with Gasteiger partial charge in [0.2, 0.25) is 0 Å². The van der Waals surface area contributed by atoms with Crippen molar-refractivity contribution in [2.75, 3.05) is 13.1 Å². The molecule has 0 aliphatic rings. The highest BCUT2D eigenvalue weighted by molar-refractivity contribution is 7.11. The van der Waals surface area contributed by atoms with Gasteiger partial charge in [0.05, 0.1) is 17.0 Å². The van der Waals surface area contributed by atoms with Crippen molar-refractivity contribution in [2.45, 2.75) is 39.8 Å². The minimum Gasteiger partial charge on any atom is -0.385 e. The highest BCUT2D eigenvalue weighted by Gasteiger charge is 2.19. The smallest absolute Gasteiger partial charge is 0.107 e. The van der Waals surface area contributed by atoms with Crippen molar-refractivity contribution in [3.05, 3.63) is 16.1 Å². The summed E-state index contributed by atoms with van der Waals surface area (Å²) in [6.45, 7) is 10.8. The Kier molecular flexibility index (Phi) is 4.25. The monoisotopic (exact) mass is 228 g/mol. The lowest BCUT2D eigenvalue weighted by molar-refractivity contribution is 0.0823. The van der Waals surface area contributed by atoms with E-state index in [1.54, 1.807) is 31.4 Å². The number of hydrogen-bond donors (Lipinski definition) is 1. The lowest BCUT2D eigenvalue weighted by atomic mass is 10.1. The fraction of sp³-hybridized carbons (Fsp3) is 0.727. The SMILES string of the molecule is CCN(CC)Cc1ncc(C(C)(C)O)s1. The van der Waals surface area contributed by atoms with E-state index in [4.69, 9.17) is 0 Å². The number of aliphatic hydroxyl groups is 1. The first-order chi connectivity index (χ1) is 6.97. The molecule has 0 spiro atoms. The van der Waals surface area contributed by atoms with Crippen LogP contribution in [0.25, 0.3) is 0 Å². The zero-order chi connectivity index (χ0) is 11.5. The van der Waals surface area contributed by atoms with E-state index in [2.05, 4.69) is 23.7 Å². The maximum Gasteiger partial charge on any atom is 0.107 e. The molecule has 0 atom stereocenters. The van der Waals surface area contributed by atoms with Crippen LogP contribution < -0.4 is 0 Å². The van der Waals surface area contributed by atoms with E-state index >= 15 is 0 Å². The summed E-state index contributed by atoms with van der Waals surface area (Å²) in [5.41, 5.74) is -0.765. The quantitative estimate of drug-likeness (QED) is 0.839. The zero-order valence-electron chi connectivity index (χ0n) is 9.95. The Balaban J connectivity index is 2.68. The minimum absolute atomic E-state index is 0.765. The second kappa shape index (κ2) is 5.05. The van der Waals surface area contributed by atoms with Crippen molar-refractivity contribution in [1.82, 2.24) is 9.88 Å². The summed E-state index contributed by atoms with van der Waals surface area (Å²) in [6, 6.07) is 0. The van der Waals surface area contributed by atoms with Crippen molar-refractivity contribution in [2.24, 2.45) is 0 Å². The Labute approximate surface area is 95.8 Å². The fourth-order valence-electron chi connectivity index (χ4n) is 1.30. The maximum absolute atomic E-state index is 9.81. The average Bonchev–Trinajstić information content (AvgIpc) is 2.61. The van der Waals surface area contributed by atoms with Gasteiger partial charge in [0.25, 0.3) is 0 Å². The van der Waals surface area contributed by atoms with E-state index in [1.165, 1.54) is 0 Å². The van der Waals surface area contributed by atoms with Crippen molar-refractivity contribution in [3.8, 4) is 0 Å². The van der Waals surface area contributed by atoms with Crippen LogP contribution in [0, 0.1) is 0 Å². The van der Waals surface area contributed by atoms with Crippen LogP contribution >= 0.6 is 11.3 Å². The zero-order valence-corrected chi connectivity index (χ0v) is 10.8. The Morgan fingerprint density at radius 3 is 2.40 bits per heavy atom. The van der Waals surface area contributed by atoms with Crippen LogP contribution in [0.5, 0.6) is 0 Å². The Hall–Kier alpha value is -0.450. The van der Waals surface area contributed by atoms with E-state index in [1.807, 2.05) is 0 Å². The average molecular weight is 228 g/mol. The summed E-state index contributed by atoms with van der Waals surface area (Å²) in [5, 5.41) is 10.9. The molecule has 0 radical (unpaired) electrons. The molecular formula is C11H20N2OS. The molecular weight excluding hydrogens is 208 g/mol. The summed E-state index contributed by atoms with van der Waals surface area (Å²) in [6.07, 6.45) is 1.78. The molecule has 0 aliphatic carbocycles. The molecule has 1 aromatic heterocycles. The number of aromatic nitrogens is 1. The van der Waals surface area contributed by atoms with E-state index in [9.17, 15) is 5.11 Å². The van der Waals surface area contributed by atoms with Crippen LogP contribution in [0.2, 0.25) is 0 Å². The molecule has 1 N–H and O–H groups in total. The molecule has 15 heavy (non-hydrogen) atoms. The lowest BCUT2D eigenvalue weighted by Crippen LogP contribution is -2.21. The number of nitrogens with zero attached hydrogens (tertiary/aromatic N) is 2. The summed E-state index contributed by atoms with van der Waals surface area (Å²) < 4.78 is 0. The molecule has 1 rings (SSSR count). The molecule has 3 nitrogen and oxygen atoms in total. The largest absolute Gasteiger partial charge is 0.385 e. The molecule has 0 aromatic carbocycles. The van der Waals surface area contributed by atoms with E-state index in [-0.39, 0.29) is 0 Å². The van der Waals surface area contributed by atoms with Crippen LogP contribution in [-0.4, -0.2) is 28.1 Å². The molecule has 0 aliphatic heterocycles. The summed E-state index contributed by atoms with van der Waals surface area (Å²) in [5.74, 6) is 0. The number of thiazole rings is 1. The molecule has 0 bridgehead atoms. The van der Waals surface area contributed by atoms with Gasteiger partial charge in [-0.2, -0.15) is 0 Å².